The fraction of sp³-hybridized carbons (Fsp3) is 0.357. The van der Waals surface area contributed by atoms with Gasteiger partial charge in [-0.15, -0.1) is 0 Å². The number of rotatable bonds is 8. The number of hydrogen-bond acceptors (Lipinski definition) is 9. The van der Waals surface area contributed by atoms with Crippen molar-refractivity contribution >= 4 is 34.5 Å². The number of ether oxygens (including phenoxy) is 2. The number of benzene rings is 2. The summed E-state index contributed by atoms with van der Waals surface area (Å²) in [4.78, 5) is 30.1. The van der Waals surface area contributed by atoms with Gasteiger partial charge >= 0.3 is 5.97 Å². The number of hydrogen-bond donors (Lipinski definition) is 2. The van der Waals surface area contributed by atoms with E-state index in [1.165, 1.54) is 0 Å². The van der Waals surface area contributed by atoms with Crippen molar-refractivity contribution in [2.45, 2.75) is 6.54 Å². The second-order valence-electron chi connectivity index (χ2n) is 9.64. The van der Waals surface area contributed by atoms with Crippen LogP contribution in [0.4, 0.5) is 17.5 Å². The zero-order chi connectivity index (χ0) is 26.6. The van der Waals surface area contributed by atoms with Crippen LogP contribution in [0.25, 0.3) is 22.3 Å². The standard InChI is InChI=1S/C28H31N7O4/c36-27(37)20-1-4-22(5-2-20)30-26-18-23(31-28(32-26)34-11-15-39-16-12-34)21-3-6-25-24(17-21)29-19-35(25)8-7-33-9-13-38-14-10-33/h1-6,17-19H,7-16H2,(H,36,37)(H,30,31,32). The predicted molar refractivity (Wildman–Crippen MR) is 148 cm³/mol. The van der Waals surface area contributed by atoms with Crippen LogP contribution in [0.15, 0.2) is 54.9 Å². The van der Waals surface area contributed by atoms with Gasteiger partial charge in [0.2, 0.25) is 5.95 Å². The summed E-state index contributed by atoms with van der Waals surface area (Å²) in [7, 11) is 0. The monoisotopic (exact) mass is 529 g/mol. The van der Waals surface area contributed by atoms with Gasteiger partial charge in [0.15, 0.2) is 0 Å². The maximum absolute atomic E-state index is 11.2. The molecule has 0 unspecified atom stereocenters. The second kappa shape index (κ2) is 11.4. The number of nitrogens with zero attached hydrogens (tertiary/aromatic N) is 6. The Kier molecular flexibility index (Phi) is 7.35. The van der Waals surface area contributed by atoms with Crippen LogP contribution in [0.3, 0.4) is 0 Å². The van der Waals surface area contributed by atoms with E-state index < -0.39 is 5.97 Å². The molecule has 0 amide bonds. The summed E-state index contributed by atoms with van der Waals surface area (Å²) in [5.74, 6) is 0.289. The van der Waals surface area contributed by atoms with Crippen molar-refractivity contribution in [3.05, 3.63) is 60.4 Å². The third-order valence-corrected chi connectivity index (χ3v) is 7.09. The maximum Gasteiger partial charge on any atom is 0.335 e. The molecule has 0 spiro atoms. The molecular formula is C28H31N7O4. The minimum absolute atomic E-state index is 0.232. The minimum Gasteiger partial charge on any atom is -0.478 e. The van der Waals surface area contributed by atoms with E-state index in [0.717, 1.165) is 67.4 Å². The molecule has 2 aromatic heterocycles. The summed E-state index contributed by atoms with van der Waals surface area (Å²) < 4.78 is 13.2. The van der Waals surface area contributed by atoms with Gasteiger partial charge in [-0.2, -0.15) is 4.98 Å². The van der Waals surface area contributed by atoms with Crippen molar-refractivity contribution in [3.63, 3.8) is 0 Å². The first-order valence-electron chi connectivity index (χ1n) is 13.2. The van der Waals surface area contributed by atoms with E-state index in [0.29, 0.717) is 38.1 Å². The number of carboxylic acids is 1. The molecule has 11 heteroatoms. The van der Waals surface area contributed by atoms with E-state index in [2.05, 4.69) is 42.9 Å². The Morgan fingerprint density at radius 1 is 0.897 bits per heavy atom. The number of morpholine rings is 2. The summed E-state index contributed by atoms with van der Waals surface area (Å²) in [6.45, 7) is 8.04. The van der Waals surface area contributed by atoms with Gasteiger partial charge in [0.25, 0.3) is 0 Å². The minimum atomic E-state index is -0.959. The molecule has 0 saturated carbocycles. The van der Waals surface area contributed by atoms with E-state index in [1.807, 2.05) is 12.4 Å². The van der Waals surface area contributed by atoms with Gasteiger partial charge < -0.3 is 29.4 Å². The third kappa shape index (κ3) is 5.85. The smallest absolute Gasteiger partial charge is 0.335 e. The normalized spacial score (nSPS) is 16.5. The van der Waals surface area contributed by atoms with Crippen molar-refractivity contribution in [3.8, 4) is 11.3 Å². The first-order valence-corrected chi connectivity index (χ1v) is 13.2. The first-order chi connectivity index (χ1) is 19.1. The van der Waals surface area contributed by atoms with E-state index >= 15 is 0 Å². The Morgan fingerprint density at radius 3 is 2.38 bits per heavy atom. The van der Waals surface area contributed by atoms with Crippen molar-refractivity contribution in [2.24, 2.45) is 0 Å². The number of carboxylic acid groups (broad SMARTS) is 1. The number of nitrogens with one attached hydrogen (secondary N) is 1. The molecule has 2 aliphatic heterocycles. The van der Waals surface area contributed by atoms with E-state index in [1.54, 1.807) is 24.3 Å². The molecule has 4 heterocycles. The lowest BCUT2D eigenvalue weighted by atomic mass is 10.1. The summed E-state index contributed by atoms with van der Waals surface area (Å²) in [6, 6.07) is 14.8. The molecule has 2 aromatic carbocycles. The second-order valence-corrected chi connectivity index (χ2v) is 9.64. The highest BCUT2D eigenvalue weighted by molar-refractivity contribution is 5.88. The summed E-state index contributed by atoms with van der Waals surface area (Å²) in [5, 5.41) is 12.5. The lowest BCUT2D eigenvalue weighted by Crippen LogP contribution is -2.38. The highest BCUT2D eigenvalue weighted by Gasteiger charge is 2.18. The van der Waals surface area contributed by atoms with Gasteiger partial charge in [-0.3, -0.25) is 4.90 Å². The van der Waals surface area contributed by atoms with Gasteiger partial charge in [0, 0.05) is 56.6 Å². The number of fused-ring (bicyclic) bond motifs is 1. The zero-order valence-electron chi connectivity index (χ0n) is 21.6. The van der Waals surface area contributed by atoms with Crippen molar-refractivity contribution in [2.75, 3.05) is 69.4 Å². The van der Waals surface area contributed by atoms with Crippen LogP contribution in [-0.4, -0.2) is 94.6 Å². The molecule has 2 saturated heterocycles. The molecule has 6 rings (SSSR count). The van der Waals surface area contributed by atoms with Crippen LogP contribution in [-0.2, 0) is 16.0 Å². The molecule has 0 radical (unpaired) electrons. The highest BCUT2D eigenvalue weighted by Crippen LogP contribution is 2.28. The SMILES string of the molecule is O=C(O)c1ccc(Nc2cc(-c3ccc4c(c3)ncn4CCN3CCOCC3)nc(N3CCOCC3)n2)cc1. The average molecular weight is 530 g/mol. The maximum atomic E-state index is 11.2. The Hall–Kier alpha value is -4.06. The molecule has 2 N–H and O–H groups in total. The van der Waals surface area contributed by atoms with Crippen LogP contribution in [0, 0.1) is 0 Å². The molecular weight excluding hydrogens is 498 g/mol. The number of anilines is 3. The number of aromatic nitrogens is 4. The van der Waals surface area contributed by atoms with Crippen molar-refractivity contribution in [1.82, 2.24) is 24.4 Å². The van der Waals surface area contributed by atoms with Gasteiger partial charge in [0.1, 0.15) is 5.82 Å². The Balaban J connectivity index is 1.28. The fourth-order valence-corrected chi connectivity index (χ4v) is 4.87. The van der Waals surface area contributed by atoms with E-state index in [9.17, 15) is 9.90 Å². The van der Waals surface area contributed by atoms with Gasteiger partial charge in [-0.05, 0) is 36.4 Å². The van der Waals surface area contributed by atoms with Crippen molar-refractivity contribution in [1.29, 1.82) is 0 Å². The topological polar surface area (TPSA) is 118 Å². The van der Waals surface area contributed by atoms with Crippen LogP contribution in [0.1, 0.15) is 10.4 Å². The largest absolute Gasteiger partial charge is 0.478 e. The molecule has 2 aliphatic rings. The molecule has 202 valence electrons. The van der Waals surface area contributed by atoms with E-state index in [4.69, 9.17) is 19.4 Å². The molecule has 0 bridgehead atoms. The lowest BCUT2D eigenvalue weighted by molar-refractivity contribution is 0.0365. The lowest BCUT2D eigenvalue weighted by Gasteiger charge is -2.27. The van der Waals surface area contributed by atoms with Crippen LogP contribution < -0.4 is 10.2 Å². The average Bonchev–Trinajstić information content (AvgIpc) is 3.39. The molecule has 0 atom stereocenters. The van der Waals surface area contributed by atoms with Crippen LogP contribution >= 0.6 is 0 Å². The number of imidazole rings is 1. The number of aromatic carboxylic acids is 1. The van der Waals surface area contributed by atoms with E-state index in [-0.39, 0.29) is 5.56 Å². The first kappa shape index (κ1) is 25.2. The molecule has 39 heavy (non-hydrogen) atoms. The zero-order valence-corrected chi connectivity index (χ0v) is 21.6. The summed E-state index contributed by atoms with van der Waals surface area (Å²) in [5.41, 5.74) is 4.71. The predicted octanol–water partition coefficient (Wildman–Crippen LogP) is 3.10. The quantitative estimate of drug-likeness (QED) is 0.353. The Bertz CT molecular complexity index is 1440. The van der Waals surface area contributed by atoms with Gasteiger partial charge in [-0.25, -0.2) is 14.8 Å². The number of carbonyl (C=O) groups is 1. The molecule has 11 nitrogen and oxygen atoms in total. The van der Waals surface area contributed by atoms with Gasteiger partial charge in [-0.1, -0.05) is 6.07 Å². The Labute approximate surface area is 226 Å². The highest BCUT2D eigenvalue weighted by atomic mass is 16.5. The molecule has 4 aromatic rings. The summed E-state index contributed by atoms with van der Waals surface area (Å²) in [6.07, 6.45) is 1.90. The van der Waals surface area contributed by atoms with Crippen LogP contribution in [0.5, 0.6) is 0 Å². The van der Waals surface area contributed by atoms with Gasteiger partial charge in [0.05, 0.1) is 55.0 Å². The fourth-order valence-electron chi connectivity index (χ4n) is 4.87. The molecule has 0 aliphatic carbocycles. The van der Waals surface area contributed by atoms with Crippen molar-refractivity contribution < 1.29 is 19.4 Å². The molecule has 2 fully saturated rings. The Morgan fingerprint density at radius 2 is 1.64 bits per heavy atom. The third-order valence-electron chi connectivity index (χ3n) is 7.09. The van der Waals surface area contributed by atoms with Crippen LogP contribution in [0.2, 0.25) is 0 Å². The summed E-state index contributed by atoms with van der Waals surface area (Å²) >= 11 is 0.